The molecule has 3 atom stereocenters. The molecule has 0 aromatic carbocycles. The van der Waals surface area contributed by atoms with E-state index in [2.05, 4.69) is 4.74 Å². The van der Waals surface area contributed by atoms with Crippen LogP contribution in [-0.4, -0.2) is 24.0 Å². The van der Waals surface area contributed by atoms with Gasteiger partial charge in [-0.3, -0.25) is 4.79 Å². The third kappa shape index (κ3) is 2.45. The van der Waals surface area contributed by atoms with Crippen LogP contribution in [0.1, 0.15) is 32.1 Å². The number of esters is 1. The van der Waals surface area contributed by atoms with E-state index in [9.17, 15) is 22.8 Å². The molecule has 2 saturated carbocycles. The van der Waals surface area contributed by atoms with Gasteiger partial charge in [0.05, 0.1) is 5.92 Å². The molecular weight excluding hydrogens is 237 g/mol. The second-order valence-electron chi connectivity index (χ2n) is 4.66. The number of hydrogen-bond donors (Lipinski definition) is 0. The Bertz CT molecular complexity index is 337. The monoisotopic (exact) mass is 250 g/mol. The SMILES string of the molecule is O=C1C2CCCC1C(OC(=O)C(F)(F)F)CC2. The fourth-order valence-corrected chi connectivity index (χ4v) is 2.74. The van der Waals surface area contributed by atoms with Gasteiger partial charge in [0.2, 0.25) is 0 Å². The van der Waals surface area contributed by atoms with Crippen LogP contribution in [-0.2, 0) is 14.3 Å². The highest BCUT2D eigenvalue weighted by molar-refractivity contribution is 5.86. The Hall–Kier alpha value is -1.07. The van der Waals surface area contributed by atoms with Crippen molar-refractivity contribution in [2.45, 2.75) is 44.4 Å². The molecule has 3 unspecified atom stereocenters. The first kappa shape index (κ1) is 12.4. The number of carbonyl (C=O) groups is 2. The molecule has 3 nitrogen and oxygen atoms in total. The summed E-state index contributed by atoms with van der Waals surface area (Å²) in [7, 11) is 0. The Kier molecular flexibility index (Phi) is 3.14. The zero-order valence-electron chi connectivity index (χ0n) is 9.13. The molecule has 0 heterocycles. The lowest BCUT2D eigenvalue weighted by Gasteiger charge is -2.38. The third-order valence-corrected chi connectivity index (χ3v) is 3.57. The number of alkyl halides is 3. The van der Waals surface area contributed by atoms with Crippen molar-refractivity contribution in [2.75, 3.05) is 0 Å². The topological polar surface area (TPSA) is 43.4 Å². The molecule has 2 aliphatic rings. The van der Waals surface area contributed by atoms with Crippen molar-refractivity contribution in [3.8, 4) is 0 Å². The highest BCUT2D eigenvalue weighted by Gasteiger charge is 2.47. The van der Waals surface area contributed by atoms with E-state index < -0.39 is 24.2 Å². The Morgan fingerprint density at radius 2 is 1.88 bits per heavy atom. The molecule has 0 radical (unpaired) electrons. The molecule has 17 heavy (non-hydrogen) atoms. The van der Waals surface area contributed by atoms with E-state index in [0.717, 1.165) is 12.8 Å². The minimum absolute atomic E-state index is 0.0255. The van der Waals surface area contributed by atoms with Crippen LogP contribution in [0.25, 0.3) is 0 Å². The summed E-state index contributed by atoms with van der Waals surface area (Å²) in [4.78, 5) is 22.5. The third-order valence-electron chi connectivity index (χ3n) is 3.57. The molecule has 0 aromatic rings. The minimum atomic E-state index is -4.98. The molecule has 0 saturated heterocycles. The quantitative estimate of drug-likeness (QED) is 0.670. The number of halogens is 3. The normalized spacial score (nSPS) is 33.4. The summed E-state index contributed by atoms with van der Waals surface area (Å²) in [6.45, 7) is 0. The summed E-state index contributed by atoms with van der Waals surface area (Å²) in [5.74, 6) is -2.76. The van der Waals surface area contributed by atoms with Gasteiger partial charge in [0.15, 0.2) is 0 Å². The molecular formula is C11H13F3O3. The van der Waals surface area contributed by atoms with Crippen LogP contribution in [0, 0.1) is 11.8 Å². The smallest absolute Gasteiger partial charge is 0.455 e. The van der Waals surface area contributed by atoms with Gasteiger partial charge < -0.3 is 4.74 Å². The summed E-state index contributed by atoms with van der Waals surface area (Å²) in [6.07, 6.45) is -2.79. The van der Waals surface area contributed by atoms with Crippen LogP contribution in [0.2, 0.25) is 0 Å². The second kappa shape index (κ2) is 4.31. The van der Waals surface area contributed by atoms with E-state index in [0.29, 0.717) is 19.3 Å². The maximum absolute atomic E-state index is 12.1. The van der Waals surface area contributed by atoms with Gasteiger partial charge in [0, 0.05) is 5.92 Å². The highest BCUT2D eigenvalue weighted by atomic mass is 19.4. The molecule has 0 amide bonds. The van der Waals surface area contributed by atoms with Crippen LogP contribution in [0.3, 0.4) is 0 Å². The summed E-state index contributed by atoms with van der Waals surface area (Å²) in [5, 5.41) is 0. The van der Waals surface area contributed by atoms with E-state index >= 15 is 0 Å². The van der Waals surface area contributed by atoms with E-state index in [1.165, 1.54) is 0 Å². The number of ether oxygens (including phenoxy) is 1. The molecule has 2 bridgehead atoms. The molecule has 0 N–H and O–H groups in total. The number of ketones is 1. The average Bonchev–Trinajstić information content (AvgIpc) is 2.20. The predicted molar refractivity (Wildman–Crippen MR) is 51.0 cm³/mol. The van der Waals surface area contributed by atoms with Crippen LogP contribution >= 0.6 is 0 Å². The standard InChI is InChI=1S/C11H13F3O3/c12-11(13,14)10(16)17-8-5-4-6-2-1-3-7(8)9(6)15/h6-8H,1-5H2. The van der Waals surface area contributed by atoms with Gasteiger partial charge in [-0.25, -0.2) is 4.79 Å². The first-order chi connectivity index (χ1) is 7.89. The van der Waals surface area contributed by atoms with Crippen LogP contribution in [0.15, 0.2) is 0 Å². The van der Waals surface area contributed by atoms with Gasteiger partial charge >= 0.3 is 12.1 Å². The Balaban J connectivity index is 2.02. The zero-order valence-corrected chi connectivity index (χ0v) is 9.13. The molecule has 0 aromatic heterocycles. The average molecular weight is 250 g/mol. The van der Waals surface area contributed by atoms with Crippen molar-refractivity contribution in [2.24, 2.45) is 11.8 Å². The van der Waals surface area contributed by atoms with Gasteiger partial charge in [-0.1, -0.05) is 6.42 Å². The highest BCUT2D eigenvalue weighted by Crippen LogP contribution is 2.39. The zero-order chi connectivity index (χ0) is 12.6. The molecule has 2 aliphatic carbocycles. The summed E-state index contributed by atoms with van der Waals surface area (Å²) < 4.78 is 40.6. The second-order valence-corrected chi connectivity index (χ2v) is 4.66. The van der Waals surface area contributed by atoms with Gasteiger partial charge in [-0.05, 0) is 25.7 Å². The Labute approximate surface area is 96.3 Å². The van der Waals surface area contributed by atoms with Crippen molar-refractivity contribution in [1.29, 1.82) is 0 Å². The number of Topliss-reactive ketones (excluding diaryl/α,β-unsaturated/α-hetero) is 1. The van der Waals surface area contributed by atoms with Crippen molar-refractivity contribution in [3.63, 3.8) is 0 Å². The summed E-state index contributed by atoms with van der Waals surface area (Å²) in [6, 6.07) is 0. The maximum atomic E-state index is 12.1. The number of fused-ring (bicyclic) bond motifs is 2. The van der Waals surface area contributed by atoms with Gasteiger partial charge in [0.1, 0.15) is 11.9 Å². The molecule has 96 valence electrons. The van der Waals surface area contributed by atoms with Crippen molar-refractivity contribution in [1.82, 2.24) is 0 Å². The van der Waals surface area contributed by atoms with Gasteiger partial charge in [-0.15, -0.1) is 0 Å². The number of hydrogen-bond acceptors (Lipinski definition) is 3. The Morgan fingerprint density at radius 1 is 1.18 bits per heavy atom. The van der Waals surface area contributed by atoms with Gasteiger partial charge in [0.25, 0.3) is 0 Å². The van der Waals surface area contributed by atoms with Crippen molar-refractivity contribution in [3.05, 3.63) is 0 Å². The van der Waals surface area contributed by atoms with E-state index in [1.54, 1.807) is 0 Å². The summed E-state index contributed by atoms with van der Waals surface area (Å²) in [5.41, 5.74) is 0. The van der Waals surface area contributed by atoms with E-state index in [-0.39, 0.29) is 11.7 Å². The lowest BCUT2D eigenvalue weighted by atomic mass is 9.70. The largest absolute Gasteiger partial charge is 0.490 e. The Morgan fingerprint density at radius 3 is 2.53 bits per heavy atom. The molecule has 2 rings (SSSR count). The van der Waals surface area contributed by atoms with E-state index in [1.807, 2.05) is 0 Å². The molecule has 0 spiro atoms. The predicted octanol–water partition coefficient (Wildman–Crippen LogP) is 2.24. The molecule has 2 fully saturated rings. The van der Waals surface area contributed by atoms with Gasteiger partial charge in [-0.2, -0.15) is 13.2 Å². The van der Waals surface area contributed by atoms with Crippen molar-refractivity contribution >= 4 is 11.8 Å². The minimum Gasteiger partial charge on any atom is -0.455 e. The number of rotatable bonds is 1. The first-order valence-electron chi connectivity index (χ1n) is 5.71. The maximum Gasteiger partial charge on any atom is 0.490 e. The fourth-order valence-electron chi connectivity index (χ4n) is 2.74. The van der Waals surface area contributed by atoms with Crippen LogP contribution in [0.5, 0.6) is 0 Å². The lowest BCUT2D eigenvalue weighted by Crippen LogP contribution is -2.45. The van der Waals surface area contributed by atoms with Crippen LogP contribution in [0.4, 0.5) is 13.2 Å². The van der Waals surface area contributed by atoms with Crippen molar-refractivity contribution < 1.29 is 27.5 Å². The summed E-state index contributed by atoms with van der Waals surface area (Å²) >= 11 is 0. The lowest BCUT2D eigenvalue weighted by molar-refractivity contribution is -0.209. The first-order valence-corrected chi connectivity index (χ1v) is 5.71. The van der Waals surface area contributed by atoms with Crippen LogP contribution < -0.4 is 0 Å². The molecule has 0 aliphatic heterocycles. The number of carbonyl (C=O) groups excluding carboxylic acids is 2. The molecule has 6 heteroatoms. The fraction of sp³-hybridized carbons (Fsp3) is 0.818. The van der Waals surface area contributed by atoms with E-state index in [4.69, 9.17) is 0 Å².